The van der Waals surface area contributed by atoms with Gasteiger partial charge in [0.05, 0.1) is 0 Å². The van der Waals surface area contributed by atoms with Crippen molar-refractivity contribution in [3.05, 3.63) is 11.6 Å². The van der Waals surface area contributed by atoms with Gasteiger partial charge in [0.1, 0.15) is 0 Å². The first kappa shape index (κ1) is 8.88. The number of hydrogen-bond acceptors (Lipinski definition) is 0. The second kappa shape index (κ2) is 2.03. The molecule has 0 bridgehead atoms. The molecule has 0 saturated heterocycles. The molecule has 0 unspecified atom stereocenters. The summed E-state index contributed by atoms with van der Waals surface area (Å²) in [6.07, 6.45) is 10.3. The SMILES string of the molecule is C#C[C@@]12CC=C(C)C[C@]1(C)C2(C)C. The second-order valence-corrected chi connectivity index (χ2v) is 5.44. The molecule has 1 fully saturated rings. The van der Waals surface area contributed by atoms with Crippen LogP contribution in [0.1, 0.15) is 40.5 Å². The van der Waals surface area contributed by atoms with E-state index >= 15 is 0 Å². The second-order valence-electron chi connectivity index (χ2n) is 5.44. The van der Waals surface area contributed by atoms with Crippen molar-refractivity contribution in [1.82, 2.24) is 0 Å². The molecule has 0 nitrogen and oxygen atoms in total. The molecule has 0 heteroatoms. The summed E-state index contributed by atoms with van der Waals surface area (Å²) in [5.74, 6) is 3.06. The maximum Gasteiger partial charge on any atom is 0.0465 e. The number of fused-ring (bicyclic) bond motifs is 1. The van der Waals surface area contributed by atoms with Gasteiger partial charge in [-0.3, -0.25) is 0 Å². The Bertz CT molecular complexity index is 326. The van der Waals surface area contributed by atoms with Crippen LogP contribution in [-0.4, -0.2) is 0 Å². The standard InChI is InChI=1S/C13H18/c1-6-13-8-7-10(2)9-12(13,5)11(13,3)4/h1,7H,8-9H2,2-5H3/t12-,13+/m1/s1. The summed E-state index contributed by atoms with van der Waals surface area (Å²) in [6.45, 7) is 9.21. The summed E-state index contributed by atoms with van der Waals surface area (Å²) in [5.41, 5.74) is 2.34. The first-order valence-electron chi connectivity index (χ1n) is 5.05. The van der Waals surface area contributed by atoms with Crippen LogP contribution in [0.15, 0.2) is 11.6 Å². The van der Waals surface area contributed by atoms with Gasteiger partial charge in [0.15, 0.2) is 0 Å². The third kappa shape index (κ3) is 0.666. The van der Waals surface area contributed by atoms with Crippen molar-refractivity contribution in [1.29, 1.82) is 0 Å². The van der Waals surface area contributed by atoms with Gasteiger partial charge in [-0.15, -0.1) is 6.42 Å². The van der Waals surface area contributed by atoms with Crippen LogP contribution in [0.5, 0.6) is 0 Å². The highest BCUT2D eigenvalue weighted by molar-refractivity contribution is 5.41. The van der Waals surface area contributed by atoms with Gasteiger partial charge in [0.2, 0.25) is 0 Å². The number of terminal acetylenes is 1. The Morgan fingerprint density at radius 3 is 2.46 bits per heavy atom. The predicted molar refractivity (Wildman–Crippen MR) is 56.1 cm³/mol. The number of allylic oxidation sites excluding steroid dienone is 2. The maximum atomic E-state index is 5.71. The molecule has 0 radical (unpaired) electrons. The van der Waals surface area contributed by atoms with E-state index in [2.05, 4.69) is 39.7 Å². The van der Waals surface area contributed by atoms with E-state index in [9.17, 15) is 0 Å². The van der Waals surface area contributed by atoms with Crippen LogP contribution in [0.2, 0.25) is 0 Å². The van der Waals surface area contributed by atoms with Gasteiger partial charge in [0.25, 0.3) is 0 Å². The molecule has 13 heavy (non-hydrogen) atoms. The van der Waals surface area contributed by atoms with Crippen LogP contribution in [0.25, 0.3) is 0 Å². The fraction of sp³-hybridized carbons (Fsp3) is 0.692. The van der Waals surface area contributed by atoms with Crippen molar-refractivity contribution in [2.24, 2.45) is 16.2 Å². The average molecular weight is 174 g/mol. The molecule has 0 aromatic heterocycles. The van der Waals surface area contributed by atoms with Gasteiger partial charge < -0.3 is 0 Å². The van der Waals surface area contributed by atoms with Gasteiger partial charge >= 0.3 is 0 Å². The predicted octanol–water partition coefficient (Wildman–Crippen LogP) is 3.39. The van der Waals surface area contributed by atoms with Crippen LogP contribution in [0.3, 0.4) is 0 Å². The molecule has 0 N–H and O–H groups in total. The monoisotopic (exact) mass is 174 g/mol. The van der Waals surface area contributed by atoms with Crippen molar-refractivity contribution < 1.29 is 0 Å². The number of rotatable bonds is 0. The molecule has 0 amide bonds. The Morgan fingerprint density at radius 2 is 2.00 bits per heavy atom. The summed E-state index contributed by atoms with van der Waals surface area (Å²) in [5, 5.41) is 0. The lowest BCUT2D eigenvalue weighted by Crippen LogP contribution is -2.13. The quantitative estimate of drug-likeness (QED) is 0.390. The van der Waals surface area contributed by atoms with Crippen LogP contribution < -0.4 is 0 Å². The fourth-order valence-corrected chi connectivity index (χ4v) is 3.50. The Morgan fingerprint density at radius 1 is 1.38 bits per heavy atom. The first-order valence-corrected chi connectivity index (χ1v) is 5.05. The lowest BCUT2D eigenvalue weighted by atomic mass is 9.82. The largest absolute Gasteiger partial charge is 0.119 e. The first-order chi connectivity index (χ1) is 5.91. The maximum absolute atomic E-state index is 5.71. The highest BCUT2D eigenvalue weighted by Gasteiger charge is 2.78. The van der Waals surface area contributed by atoms with E-state index in [0.29, 0.717) is 10.8 Å². The molecular formula is C13H18. The molecule has 2 rings (SSSR count). The normalized spacial score (nSPS) is 45.9. The highest BCUT2D eigenvalue weighted by Crippen LogP contribution is 2.82. The Labute approximate surface area is 81.4 Å². The Kier molecular flexibility index (Phi) is 1.39. The van der Waals surface area contributed by atoms with E-state index in [1.165, 1.54) is 12.0 Å². The Hall–Kier alpha value is -0.700. The van der Waals surface area contributed by atoms with Gasteiger partial charge in [-0.05, 0) is 30.6 Å². The zero-order chi connectivity index (χ0) is 9.91. The van der Waals surface area contributed by atoms with Gasteiger partial charge in [0, 0.05) is 5.41 Å². The van der Waals surface area contributed by atoms with Crippen molar-refractivity contribution in [3.63, 3.8) is 0 Å². The van der Waals surface area contributed by atoms with Crippen molar-refractivity contribution in [3.8, 4) is 12.3 Å². The molecule has 0 aromatic carbocycles. The average Bonchev–Trinajstić information content (AvgIpc) is 2.41. The molecule has 0 aliphatic heterocycles. The van der Waals surface area contributed by atoms with Crippen LogP contribution in [0.4, 0.5) is 0 Å². The molecule has 0 spiro atoms. The molecule has 2 aliphatic carbocycles. The third-order valence-electron chi connectivity index (χ3n) is 4.96. The molecule has 2 atom stereocenters. The lowest BCUT2D eigenvalue weighted by Gasteiger charge is -2.21. The van der Waals surface area contributed by atoms with Gasteiger partial charge in [-0.1, -0.05) is 38.3 Å². The minimum atomic E-state index is 0.152. The van der Waals surface area contributed by atoms with Crippen LogP contribution in [-0.2, 0) is 0 Å². The highest BCUT2D eigenvalue weighted by atomic mass is 14.8. The molecule has 2 aliphatic rings. The molecule has 0 heterocycles. The molecular weight excluding hydrogens is 156 g/mol. The summed E-state index contributed by atoms with van der Waals surface area (Å²) >= 11 is 0. The smallest absolute Gasteiger partial charge is 0.0465 e. The topological polar surface area (TPSA) is 0 Å². The van der Waals surface area contributed by atoms with E-state index in [4.69, 9.17) is 6.42 Å². The van der Waals surface area contributed by atoms with Gasteiger partial charge in [-0.25, -0.2) is 0 Å². The van der Waals surface area contributed by atoms with E-state index in [1.54, 1.807) is 0 Å². The van der Waals surface area contributed by atoms with Crippen LogP contribution in [0, 0.1) is 28.6 Å². The molecule has 1 saturated carbocycles. The molecule has 70 valence electrons. The summed E-state index contributed by atoms with van der Waals surface area (Å²) in [6, 6.07) is 0. The van der Waals surface area contributed by atoms with Crippen molar-refractivity contribution >= 4 is 0 Å². The van der Waals surface area contributed by atoms with Crippen molar-refractivity contribution in [2.45, 2.75) is 40.5 Å². The fourth-order valence-electron chi connectivity index (χ4n) is 3.50. The summed E-state index contributed by atoms with van der Waals surface area (Å²) in [7, 11) is 0. The molecule has 0 aromatic rings. The van der Waals surface area contributed by atoms with E-state index in [-0.39, 0.29) is 5.41 Å². The minimum absolute atomic E-state index is 0.152. The van der Waals surface area contributed by atoms with E-state index in [0.717, 1.165) is 6.42 Å². The summed E-state index contributed by atoms with van der Waals surface area (Å²) in [4.78, 5) is 0. The van der Waals surface area contributed by atoms with Gasteiger partial charge in [-0.2, -0.15) is 0 Å². The summed E-state index contributed by atoms with van der Waals surface area (Å²) < 4.78 is 0. The Balaban J connectivity index is 2.46. The third-order valence-corrected chi connectivity index (χ3v) is 4.96. The van der Waals surface area contributed by atoms with E-state index < -0.39 is 0 Å². The van der Waals surface area contributed by atoms with E-state index in [1.807, 2.05) is 0 Å². The lowest BCUT2D eigenvalue weighted by molar-refractivity contribution is 0.400. The van der Waals surface area contributed by atoms with Crippen molar-refractivity contribution in [2.75, 3.05) is 0 Å². The minimum Gasteiger partial charge on any atom is -0.119 e. The number of hydrogen-bond donors (Lipinski definition) is 0. The van der Waals surface area contributed by atoms with Crippen LogP contribution >= 0.6 is 0 Å². The zero-order valence-electron chi connectivity index (χ0n) is 9.07. The zero-order valence-corrected chi connectivity index (χ0v) is 9.07.